The summed E-state index contributed by atoms with van der Waals surface area (Å²) in [5, 5.41) is 3.01. The summed E-state index contributed by atoms with van der Waals surface area (Å²) in [5.74, 6) is 0.233. The molecule has 112 valence electrons. The molecule has 0 saturated carbocycles. The van der Waals surface area contributed by atoms with Gasteiger partial charge < -0.3 is 10.1 Å². The van der Waals surface area contributed by atoms with Crippen molar-refractivity contribution < 1.29 is 9.53 Å². The minimum Gasteiger partial charge on any atom is -0.373 e. The van der Waals surface area contributed by atoms with Crippen LogP contribution in [-0.4, -0.2) is 25.2 Å². The molecule has 1 rings (SSSR count). The van der Waals surface area contributed by atoms with Crippen molar-refractivity contribution in [3.8, 4) is 0 Å². The summed E-state index contributed by atoms with van der Waals surface area (Å²) in [4.78, 5) is 11.6. The highest BCUT2D eigenvalue weighted by Crippen LogP contribution is 2.16. The number of epoxide rings is 1. The van der Waals surface area contributed by atoms with E-state index >= 15 is 0 Å². The first-order valence-corrected chi connectivity index (χ1v) is 8.21. The molecule has 3 nitrogen and oxygen atoms in total. The van der Waals surface area contributed by atoms with Gasteiger partial charge in [0, 0.05) is 13.0 Å². The number of ether oxygens (including phenoxy) is 1. The first-order chi connectivity index (χ1) is 9.33. The van der Waals surface area contributed by atoms with Crippen molar-refractivity contribution in [2.24, 2.45) is 0 Å². The lowest BCUT2D eigenvalue weighted by Crippen LogP contribution is -2.24. The molecule has 1 unspecified atom stereocenters. The fourth-order valence-electron chi connectivity index (χ4n) is 2.29. The lowest BCUT2D eigenvalue weighted by molar-refractivity contribution is -0.121. The molecule has 0 aromatic carbocycles. The molecule has 0 spiro atoms. The second-order valence-electron chi connectivity index (χ2n) is 5.67. The van der Waals surface area contributed by atoms with Crippen LogP contribution in [0.2, 0.25) is 0 Å². The molecule has 1 amide bonds. The van der Waals surface area contributed by atoms with Crippen LogP contribution in [-0.2, 0) is 9.53 Å². The van der Waals surface area contributed by atoms with Gasteiger partial charge in [0.2, 0.25) is 5.91 Å². The molecule has 0 aromatic heterocycles. The Morgan fingerprint density at radius 1 is 1.05 bits per heavy atom. The van der Waals surface area contributed by atoms with Crippen LogP contribution >= 0.6 is 0 Å². The molecule has 0 bridgehead atoms. The largest absolute Gasteiger partial charge is 0.373 e. The number of amides is 1. The zero-order chi connectivity index (χ0) is 13.8. The number of carbonyl (C=O) groups excluding carboxylic acids is 1. The van der Waals surface area contributed by atoms with Gasteiger partial charge in [-0.1, -0.05) is 45.4 Å². The molecule has 1 fully saturated rings. The Balaban J connectivity index is 1.74. The molecule has 0 aromatic rings. The summed E-state index contributed by atoms with van der Waals surface area (Å²) in [6.45, 7) is 4.02. The summed E-state index contributed by atoms with van der Waals surface area (Å²) in [6.07, 6.45) is 13.5. The SMILES string of the molecule is CCCCCCCCCC(=O)NCCCCC1CO1. The van der Waals surface area contributed by atoms with Crippen LogP contribution in [0.25, 0.3) is 0 Å². The molecular weight excluding hydrogens is 238 g/mol. The van der Waals surface area contributed by atoms with E-state index in [1.165, 1.54) is 44.9 Å². The highest BCUT2D eigenvalue weighted by atomic mass is 16.6. The zero-order valence-corrected chi connectivity index (χ0v) is 12.6. The van der Waals surface area contributed by atoms with Gasteiger partial charge in [-0.25, -0.2) is 0 Å². The topological polar surface area (TPSA) is 41.6 Å². The Morgan fingerprint density at radius 3 is 2.42 bits per heavy atom. The van der Waals surface area contributed by atoms with E-state index in [0.717, 1.165) is 32.4 Å². The summed E-state index contributed by atoms with van der Waals surface area (Å²) < 4.78 is 5.15. The maximum atomic E-state index is 11.6. The molecule has 0 aliphatic carbocycles. The Labute approximate surface area is 118 Å². The van der Waals surface area contributed by atoms with Crippen LogP contribution in [0, 0.1) is 0 Å². The van der Waals surface area contributed by atoms with Gasteiger partial charge in [0.1, 0.15) is 0 Å². The van der Waals surface area contributed by atoms with Crippen LogP contribution < -0.4 is 5.32 Å². The predicted molar refractivity (Wildman–Crippen MR) is 79.2 cm³/mol. The number of unbranched alkanes of at least 4 members (excludes halogenated alkanes) is 7. The lowest BCUT2D eigenvalue weighted by atomic mass is 10.1. The Morgan fingerprint density at radius 2 is 1.74 bits per heavy atom. The number of hydrogen-bond donors (Lipinski definition) is 1. The maximum absolute atomic E-state index is 11.6. The van der Waals surface area contributed by atoms with Crippen LogP contribution in [0.15, 0.2) is 0 Å². The summed E-state index contributed by atoms with van der Waals surface area (Å²) in [6, 6.07) is 0. The Hall–Kier alpha value is -0.570. The van der Waals surface area contributed by atoms with E-state index < -0.39 is 0 Å². The minimum atomic E-state index is 0.233. The van der Waals surface area contributed by atoms with Gasteiger partial charge in [0.15, 0.2) is 0 Å². The standard InChI is InChI=1S/C16H31NO2/c1-2-3-4-5-6-7-8-12-16(18)17-13-10-9-11-15-14-19-15/h15H,2-14H2,1H3,(H,17,18). The molecule has 1 saturated heterocycles. The average Bonchev–Trinajstić information content (AvgIpc) is 3.21. The summed E-state index contributed by atoms with van der Waals surface area (Å²) in [7, 11) is 0. The highest BCUT2D eigenvalue weighted by molar-refractivity contribution is 5.75. The van der Waals surface area contributed by atoms with Crippen molar-refractivity contribution in [1.82, 2.24) is 5.32 Å². The van der Waals surface area contributed by atoms with Crippen LogP contribution in [0.4, 0.5) is 0 Å². The van der Waals surface area contributed by atoms with E-state index in [0.29, 0.717) is 12.5 Å². The van der Waals surface area contributed by atoms with Gasteiger partial charge in [-0.3, -0.25) is 4.79 Å². The van der Waals surface area contributed by atoms with Gasteiger partial charge in [-0.2, -0.15) is 0 Å². The second kappa shape index (κ2) is 11.3. The van der Waals surface area contributed by atoms with Gasteiger partial charge in [-0.15, -0.1) is 0 Å². The molecule has 1 aliphatic heterocycles. The van der Waals surface area contributed by atoms with Crippen molar-refractivity contribution in [2.75, 3.05) is 13.2 Å². The maximum Gasteiger partial charge on any atom is 0.219 e. The van der Waals surface area contributed by atoms with Crippen molar-refractivity contribution in [1.29, 1.82) is 0 Å². The first-order valence-electron chi connectivity index (χ1n) is 8.21. The molecule has 19 heavy (non-hydrogen) atoms. The molecule has 1 N–H and O–H groups in total. The van der Waals surface area contributed by atoms with E-state index in [-0.39, 0.29) is 5.91 Å². The summed E-state index contributed by atoms with van der Waals surface area (Å²) in [5.41, 5.74) is 0. The number of carbonyl (C=O) groups is 1. The van der Waals surface area contributed by atoms with E-state index in [9.17, 15) is 4.79 Å². The van der Waals surface area contributed by atoms with E-state index in [4.69, 9.17) is 4.74 Å². The lowest BCUT2D eigenvalue weighted by Gasteiger charge is -2.05. The molecule has 0 radical (unpaired) electrons. The average molecular weight is 269 g/mol. The van der Waals surface area contributed by atoms with Gasteiger partial charge in [-0.05, 0) is 25.7 Å². The van der Waals surface area contributed by atoms with E-state index in [1.807, 2.05) is 0 Å². The molecule has 1 atom stereocenters. The highest BCUT2D eigenvalue weighted by Gasteiger charge is 2.20. The molecule has 1 heterocycles. The minimum absolute atomic E-state index is 0.233. The Kier molecular flexibility index (Phi) is 9.78. The van der Waals surface area contributed by atoms with Crippen molar-refractivity contribution in [3.05, 3.63) is 0 Å². The smallest absolute Gasteiger partial charge is 0.219 e. The van der Waals surface area contributed by atoms with Crippen LogP contribution in [0.1, 0.15) is 77.6 Å². The van der Waals surface area contributed by atoms with Crippen molar-refractivity contribution in [2.45, 2.75) is 83.7 Å². The van der Waals surface area contributed by atoms with Gasteiger partial charge in [0.25, 0.3) is 0 Å². The summed E-state index contributed by atoms with van der Waals surface area (Å²) >= 11 is 0. The third kappa shape index (κ3) is 11.0. The zero-order valence-electron chi connectivity index (χ0n) is 12.6. The normalized spacial score (nSPS) is 17.4. The molecular formula is C16H31NO2. The molecule has 3 heteroatoms. The van der Waals surface area contributed by atoms with Crippen LogP contribution in [0.3, 0.4) is 0 Å². The third-order valence-corrected chi connectivity index (χ3v) is 3.68. The first kappa shape index (κ1) is 16.5. The number of hydrogen-bond acceptors (Lipinski definition) is 2. The predicted octanol–water partition coefficient (Wildman–Crippen LogP) is 3.81. The monoisotopic (exact) mass is 269 g/mol. The second-order valence-corrected chi connectivity index (χ2v) is 5.67. The van der Waals surface area contributed by atoms with Gasteiger partial charge in [0.05, 0.1) is 12.7 Å². The fourth-order valence-corrected chi connectivity index (χ4v) is 2.29. The third-order valence-electron chi connectivity index (χ3n) is 3.68. The Bertz CT molecular complexity index is 227. The number of nitrogens with one attached hydrogen (secondary N) is 1. The fraction of sp³-hybridized carbons (Fsp3) is 0.938. The van der Waals surface area contributed by atoms with E-state index in [1.54, 1.807) is 0 Å². The van der Waals surface area contributed by atoms with Crippen LogP contribution in [0.5, 0.6) is 0 Å². The number of rotatable bonds is 13. The molecule has 1 aliphatic rings. The van der Waals surface area contributed by atoms with Gasteiger partial charge >= 0.3 is 0 Å². The van der Waals surface area contributed by atoms with E-state index in [2.05, 4.69) is 12.2 Å². The quantitative estimate of drug-likeness (QED) is 0.408. The van der Waals surface area contributed by atoms with Crippen molar-refractivity contribution >= 4 is 5.91 Å². The van der Waals surface area contributed by atoms with Crippen molar-refractivity contribution in [3.63, 3.8) is 0 Å².